The number of anilines is 1. The maximum Gasteiger partial charge on any atom is 0.407 e. The average Bonchev–Trinajstić information content (AvgIpc) is 3.21. The summed E-state index contributed by atoms with van der Waals surface area (Å²) in [5.74, 6) is 0.504. The van der Waals surface area contributed by atoms with Crippen molar-refractivity contribution >= 4 is 17.9 Å². The second-order valence-corrected chi connectivity index (χ2v) is 9.29. The topological polar surface area (TPSA) is 90.9 Å². The minimum atomic E-state index is -0.529. The Bertz CT molecular complexity index is 837. The van der Waals surface area contributed by atoms with E-state index < -0.39 is 11.7 Å². The molecule has 174 valence electrons. The summed E-state index contributed by atoms with van der Waals surface area (Å²) >= 11 is 0. The molecule has 2 fully saturated rings. The summed E-state index contributed by atoms with van der Waals surface area (Å²) < 4.78 is 5.32. The SMILES string of the molecule is C#CN1CCC(N(CC)C(=O)c2cnc(N3CC[C@@H](NC(=O)OC(C)(C)C)C3)nc2)CC1. The van der Waals surface area contributed by atoms with Crippen molar-refractivity contribution in [1.29, 1.82) is 0 Å². The van der Waals surface area contributed by atoms with Crippen LogP contribution in [0.2, 0.25) is 0 Å². The number of piperidine rings is 1. The summed E-state index contributed by atoms with van der Waals surface area (Å²) in [4.78, 5) is 39.8. The number of likely N-dealkylation sites (tertiary alicyclic amines) is 1. The Balaban J connectivity index is 1.56. The molecule has 0 saturated carbocycles. The number of carbonyl (C=O) groups is 2. The molecule has 0 bridgehead atoms. The number of hydrogen-bond acceptors (Lipinski definition) is 7. The van der Waals surface area contributed by atoms with E-state index >= 15 is 0 Å². The van der Waals surface area contributed by atoms with Gasteiger partial charge in [0.15, 0.2) is 0 Å². The van der Waals surface area contributed by atoms with Gasteiger partial charge in [-0.05, 0) is 47.0 Å². The lowest BCUT2D eigenvalue weighted by Gasteiger charge is -2.36. The van der Waals surface area contributed by atoms with Crippen LogP contribution in [0.25, 0.3) is 0 Å². The van der Waals surface area contributed by atoms with E-state index in [2.05, 4.69) is 21.3 Å². The van der Waals surface area contributed by atoms with E-state index in [4.69, 9.17) is 11.2 Å². The molecule has 1 aromatic rings. The van der Waals surface area contributed by atoms with Gasteiger partial charge in [-0.3, -0.25) is 4.79 Å². The van der Waals surface area contributed by atoms with Crippen LogP contribution >= 0.6 is 0 Å². The van der Waals surface area contributed by atoms with Gasteiger partial charge in [0, 0.05) is 57.2 Å². The third-order valence-corrected chi connectivity index (χ3v) is 5.77. The lowest BCUT2D eigenvalue weighted by Crippen LogP contribution is -2.46. The predicted octanol–water partition coefficient (Wildman–Crippen LogP) is 2.10. The Kier molecular flexibility index (Phi) is 7.44. The average molecular weight is 443 g/mol. The number of nitrogens with one attached hydrogen (secondary N) is 1. The molecule has 9 heteroatoms. The number of aromatic nitrogens is 2. The van der Waals surface area contributed by atoms with Crippen molar-refractivity contribution in [3.63, 3.8) is 0 Å². The van der Waals surface area contributed by atoms with Crippen molar-refractivity contribution in [2.24, 2.45) is 0 Å². The molecule has 2 aliphatic heterocycles. The van der Waals surface area contributed by atoms with Crippen LogP contribution in [0.15, 0.2) is 12.4 Å². The molecule has 3 heterocycles. The van der Waals surface area contributed by atoms with Crippen LogP contribution in [-0.4, -0.2) is 82.2 Å². The summed E-state index contributed by atoms with van der Waals surface area (Å²) in [6.07, 6.45) is 10.8. The van der Waals surface area contributed by atoms with Gasteiger partial charge < -0.3 is 24.8 Å². The first-order chi connectivity index (χ1) is 15.2. The monoisotopic (exact) mass is 442 g/mol. The first-order valence-electron chi connectivity index (χ1n) is 11.3. The maximum absolute atomic E-state index is 13.1. The molecule has 0 radical (unpaired) electrons. The summed E-state index contributed by atoms with van der Waals surface area (Å²) in [5, 5.41) is 2.90. The Labute approximate surface area is 190 Å². The quantitative estimate of drug-likeness (QED) is 0.698. The van der Waals surface area contributed by atoms with Gasteiger partial charge in [-0.25, -0.2) is 14.8 Å². The van der Waals surface area contributed by atoms with Crippen LogP contribution in [-0.2, 0) is 4.74 Å². The Hall–Kier alpha value is -3.02. The molecule has 2 saturated heterocycles. The van der Waals surface area contributed by atoms with E-state index in [0.29, 0.717) is 24.6 Å². The summed E-state index contributed by atoms with van der Waals surface area (Å²) in [6, 6.07) is 2.82. The third-order valence-electron chi connectivity index (χ3n) is 5.77. The van der Waals surface area contributed by atoms with Gasteiger partial charge in [0.05, 0.1) is 11.6 Å². The lowest BCUT2D eigenvalue weighted by molar-refractivity contribution is 0.0508. The molecule has 1 aromatic heterocycles. The van der Waals surface area contributed by atoms with E-state index in [0.717, 1.165) is 38.9 Å². The largest absolute Gasteiger partial charge is 0.444 e. The third kappa shape index (κ3) is 6.02. The van der Waals surface area contributed by atoms with Crippen molar-refractivity contribution in [2.45, 2.75) is 64.6 Å². The summed E-state index contributed by atoms with van der Waals surface area (Å²) in [5.41, 5.74) is -0.0453. The molecular formula is C23H34N6O3. The number of alkyl carbamates (subject to hydrolysis) is 1. The van der Waals surface area contributed by atoms with E-state index in [1.165, 1.54) is 0 Å². The van der Waals surface area contributed by atoms with Crippen molar-refractivity contribution in [2.75, 3.05) is 37.6 Å². The van der Waals surface area contributed by atoms with Gasteiger partial charge in [0.25, 0.3) is 5.91 Å². The molecule has 32 heavy (non-hydrogen) atoms. The van der Waals surface area contributed by atoms with E-state index in [-0.39, 0.29) is 18.0 Å². The highest BCUT2D eigenvalue weighted by atomic mass is 16.6. The number of hydrogen-bond donors (Lipinski definition) is 1. The molecule has 3 rings (SSSR count). The Morgan fingerprint density at radius 1 is 1.22 bits per heavy atom. The highest BCUT2D eigenvalue weighted by Gasteiger charge is 2.29. The number of amides is 2. The van der Waals surface area contributed by atoms with Crippen LogP contribution in [0.1, 0.15) is 57.3 Å². The Morgan fingerprint density at radius 2 is 1.88 bits per heavy atom. The van der Waals surface area contributed by atoms with Crippen molar-refractivity contribution in [3.05, 3.63) is 18.0 Å². The van der Waals surface area contributed by atoms with Crippen LogP contribution in [0.5, 0.6) is 0 Å². The number of rotatable bonds is 5. The summed E-state index contributed by atoms with van der Waals surface area (Å²) in [6.45, 7) is 11.1. The molecule has 0 aromatic carbocycles. The molecule has 2 amide bonds. The molecule has 1 atom stereocenters. The number of nitrogens with zero attached hydrogens (tertiary/aromatic N) is 5. The standard InChI is InChI=1S/C23H34N6O3/c1-6-27-11-9-19(10-12-27)29(7-2)20(30)17-14-24-21(25-15-17)28-13-8-18(16-28)26-22(31)32-23(3,4)5/h1,14-15,18-19H,7-13,16H2,2-5H3,(H,26,31)/t18-/m1/s1. The van der Waals surface area contributed by atoms with Gasteiger partial charge >= 0.3 is 6.09 Å². The maximum atomic E-state index is 13.1. The van der Waals surface area contributed by atoms with Gasteiger partial charge in [0.1, 0.15) is 5.60 Å². The molecule has 0 unspecified atom stereocenters. The van der Waals surface area contributed by atoms with Gasteiger partial charge in [0.2, 0.25) is 5.95 Å². The normalized spacial score (nSPS) is 19.4. The van der Waals surface area contributed by atoms with Gasteiger partial charge in [-0.15, -0.1) is 0 Å². The molecule has 1 N–H and O–H groups in total. The fourth-order valence-electron chi connectivity index (χ4n) is 4.17. The second kappa shape index (κ2) is 10.1. The van der Waals surface area contributed by atoms with Crippen LogP contribution in [0.3, 0.4) is 0 Å². The fraction of sp³-hybridized carbons (Fsp3) is 0.652. The predicted molar refractivity (Wildman–Crippen MR) is 122 cm³/mol. The first-order valence-corrected chi connectivity index (χ1v) is 11.3. The van der Waals surface area contributed by atoms with Gasteiger partial charge in [-0.2, -0.15) is 0 Å². The van der Waals surface area contributed by atoms with E-state index in [1.54, 1.807) is 12.4 Å². The molecule has 2 aliphatic rings. The molecular weight excluding hydrogens is 408 g/mol. The Morgan fingerprint density at radius 3 is 2.44 bits per heavy atom. The van der Waals surface area contributed by atoms with Crippen molar-refractivity contribution in [1.82, 2.24) is 25.1 Å². The van der Waals surface area contributed by atoms with E-state index in [9.17, 15) is 9.59 Å². The van der Waals surface area contributed by atoms with Gasteiger partial charge in [-0.1, -0.05) is 6.42 Å². The number of ether oxygens (including phenoxy) is 1. The van der Waals surface area contributed by atoms with Crippen molar-refractivity contribution in [3.8, 4) is 12.5 Å². The lowest BCUT2D eigenvalue weighted by atomic mass is 10.0. The zero-order valence-corrected chi connectivity index (χ0v) is 19.5. The van der Waals surface area contributed by atoms with Crippen LogP contribution in [0, 0.1) is 12.5 Å². The highest BCUT2D eigenvalue weighted by molar-refractivity contribution is 5.94. The highest BCUT2D eigenvalue weighted by Crippen LogP contribution is 2.20. The molecule has 0 spiro atoms. The molecule has 0 aliphatic carbocycles. The minimum Gasteiger partial charge on any atom is -0.444 e. The zero-order valence-electron chi connectivity index (χ0n) is 19.5. The number of terminal acetylenes is 1. The summed E-state index contributed by atoms with van der Waals surface area (Å²) in [7, 11) is 0. The van der Waals surface area contributed by atoms with E-state index in [1.807, 2.05) is 42.4 Å². The number of carbonyl (C=O) groups excluding carboxylic acids is 2. The first kappa shape index (κ1) is 23.6. The molecule has 9 nitrogen and oxygen atoms in total. The van der Waals surface area contributed by atoms with Crippen molar-refractivity contribution < 1.29 is 14.3 Å². The van der Waals surface area contributed by atoms with Crippen LogP contribution in [0.4, 0.5) is 10.7 Å². The smallest absolute Gasteiger partial charge is 0.407 e. The van der Waals surface area contributed by atoms with Crippen LogP contribution < -0.4 is 10.2 Å². The fourth-order valence-corrected chi connectivity index (χ4v) is 4.17. The minimum absolute atomic E-state index is 0.0285. The second-order valence-electron chi connectivity index (χ2n) is 9.29. The zero-order chi connectivity index (χ0) is 23.3.